The van der Waals surface area contributed by atoms with Crippen LogP contribution in [0.25, 0.3) is 0 Å². The summed E-state index contributed by atoms with van der Waals surface area (Å²) in [5, 5.41) is 0.979. The summed E-state index contributed by atoms with van der Waals surface area (Å²) in [6.45, 7) is 0. The van der Waals surface area contributed by atoms with E-state index in [9.17, 15) is 26.4 Å². The molecule has 1 atom stereocenters. The van der Waals surface area contributed by atoms with Gasteiger partial charge >= 0.3 is 6.18 Å². The predicted octanol–water partition coefficient (Wildman–Crippen LogP) is 4.43. The Kier molecular flexibility index (Phi) is 5.18. The highest BCUT2D eigenvalue weighted by Crippen LogP contribution is 2.34. The lowest BCUT2D eigenvalue weighted by molar-refractivity contribution is -0.137. The fraction of sp³-hybridized carbons (Fsp3) is 0.167. The quantitative estimate of drug-likeness (QED) is 0.682. The summed E-state index contributed by atoms with van der Waals surface area (Å²) in [5.41, 5.74) is -1.31. The molecule has 4 nitrogen and oxygen atoms in total. The molecule has 0 N–H and O–H groups in total. The first-order valence-corrected chi connectivity index (χ1v) is 10.3. The number of anilines is 1. The van der Waals surface area contributed by atoms with Gasteiger partial charge in [-0.05, 0) is 42.5 Å². The Balaban J connectivity index is 2.10. The van der Waals surface area contributed by atoms with Crippen LogP contribution in [0.5, 0.6) is 0 Å². The van der Waals surface area contributed by atoms with Gasteiger partial charge in [0.25, 0.3) is 5.91 Å². The number of carbonyl (C=O) groups is 1. The Morgan fingerprint density at radius 2 is 1.70 bits per heavy atom. The van der Waals surface area contributed by atoms with E-state index in [2.05, 4.69) is 15.9 Å². The first-order chi connectivity index (χ1) is 12.6. The highest BCUT2D eigenvalue weighted by Gasteiger charge is 2.38. The van der Waals surface area contributed by atoms with E-state index in [1.807, 2.05) is 0 Å². The maximum Gasteiger partial charge on any atom is 0.417 e. The number of carbonyl (C=O) groups excluding carboxylic acids is 1. The predicted molar refractivity (Wildman–Crippen MR) is 99.1 cm³/mol. The molecule has 0 bridgehead atoms. The van der Waals surface area contributed by atoms with Gasteiger partial charge in [0.2, 0.25) is 0 Å². The monoisotopic (exact) mass is 459 g/mol. The highest BCUT2D eigenvalue weighted by atomic mass is 79.9. The zero-order valence-corrected chi connectivity index (χ0v) is 16.1. The molecule has 0 radical (unpaired) electrons. The van der Waals surface area contributed by atoms with Gasteiger partial charge in [-0.15, -0.1) is 0 Å². The van der Waals surface area contributed by atoms with Crippen LogP contribution in [-0.2, 0) is 16.0 Å². The fourth-order valence-electron chi connectivity index (χ4n) is 2.83. The maximum absolute atomic E-state index is 13.3. The molecule has 1 heterocycles. The molecule has 27 heavy (non-hydrogen) atoms. The standard InChI is InChI=1S/C18H13BrF3NO3S/c19-12-5-7-13(8-6-12)23(14-9-10-27(25,26)11-14)17(24)15-3-1-2-4-16(15)18(20,21)22/h1-10,14H,11H2/t14-/m1/s1. The molecule has 1 aliphatic rings. The molecule has 2 aromatic rings. The van der Waals surface area contributed by atoms with Crippen LogP contribution in [0.1, 0.15) is 15.9 Å². The van der Waals surface area contributed by atoms with Crippen LogP contribution in [0.15, 0.2) is 64.5 Å². The summed E-state index contributed by atoms with van der Waals surface area (Å²) in [6, 6.07) is 9.88. The van der Waals surface area contributed by atoms with Crippen LogP contribution in [0, 0.1) is 0 Å². The molecule has 142 valence electrons. The smallest absolute Gasteiger partial charge is 0.300 e. The number of amides is 1. The van der Waals surface area contributed by atoms with Gasteiger partial charge in [-0.1, -0.05) is 28.1 Å². The van der Waals surface area contributed by atoms with Crippen molar-refractivity contribution in [3.05, 3.63) is 75.6 Å². The second kappa shape index (κ2) is 7.12. The minimum Gasteiger partial charge on any atom is -0.300 e. The van der Waals surface area contributed by atoms with Crippen LogP contribution in [0.3, 0.4) is 0 Å². The highest BCUT2D eigenvalue weighted by molar-refractivity contribution is 9.10. The van der Waals surface area contributed by atoms with Gasteiger partial charge in [0.15, 0.2) is 9.84 Å². The van der Waals surface area contributed by atoms with E-state index in [1.165, 1.54) is 30.3 Å². The molecule has 0 unspecified atom stereocenters. The largest absolute Gasteiger partial charge is 0.417 e. The van der Waals surface area contributed by atoms with Crippen molar-refractivity contribution in [2.24, 2.45) is 0 Å². The average Bonchev–Trinajstić information content (AvgIpc) is 2.95. The molecule has 9 heteroatoms. The van der Waals surface area contributed by atoms with E-state index >= 15 is 0 Å². The lowest BCUT2D eigenvalue weighted by atomic mass is 10.0. The normalized spacial score (nSPS) is 18.4. The fourth-order valence-corrected chi connectivity index (χ4v) is 4.36. The topological polar surface area (TPSA) is 54.5 Å². The van der Waals surface area contributed by atoms with Gasteiger partial charge in [-0.2, -0.15) is 13.2 Å². The van der Waals surface area contributed by atoms with Crippen LogP contribution in [-0.4, -0.2) is 26.1 Å². The van der Waals surface area contributed by atoms with Crippen LogP contribution in [0.2, 0.25) is 0 Å². The molecule has 0 aliphatic carbocycles. The lowest BCUT2D eigenvalue weighted by Gasteiger charge is -2.29. The van der Waals surface area contributed by atoms with Crippen molar-refractivity contribution in [3.63, 3.8) is 0 Å². The van der Waals surface area contributed by atoms with Gasteiger partial charge < -0.3 is 4.90 Å². The number of sulfone groups is 1. The first-order valence-electron chi connectivity index (χ1n) is 7.75. The van der Waals surface area contributed by atoms with E-state index in [0.29, 0.717) is 10.2 Å². The van der Waals surface area contributed by atoms with Crippen molar-refractivity contribution < 1.29 is 26.4 Å². The van der Waals surface area contributed by atoms with Crippen LogP contribution < -0.4 is 4.90 Å². The third-order valence-corrected chi connectivity index (χ3v) is 5.94. The molecule has 2 aromatic carbocycles. The molecule has 3 rings (SSSR count). The van der Waals surface area contributed by atoms with Gasteiger partial charge in [-0.25, -0.2) is 8.42 Å². The van der Waals surface area contributed by atoms with Gasteiger partial charge in [-0.3, -0.25) is 4.79 Å². The Morgan fingerprint density at radius 1 is 1.07 bits per heavy atom. The Labute approximate surface area is 162 Å². The zero-order valence-electron chi connectivity index (χ0n) is 13.7. The molecule has 1 aliphatic heterocycles. The van der Waals surface area contributed by atoms with E-state index < -0.39 is 39.1 Å². The number of benzene rings is 2. The lowest BCUT2D eigenvalue weighted by Crippen LogP contribution is -2.42. The second-order valence-corrected chi connectivity index (χ2v) is 8.77. The molecule has 0 fully saturated rings. The number of hydrogen-bond acceptors (Lipinski definition) is 3. The molecular weight excluding hydrogens is 447 g/mol. The summed E-state index contributed by atoms with van der Waals surface area (Å²) in [4.78, 5) is 14.2. The minimum atomic E-state index is -4.71. The van der Waals surface area contributed by atoms with Crippen molar-refractivity contribution in [1.82, 2.24) is 0 Å². The van der Waals surface area contributed by atoms with E-state index in [4.69, 9.17) is 0 Å². The maximum atomic E-state index is 13.3. The Bertz CT molecular complexity index is 1000. The molecule has 0 spiro atoms. The molecule has 1 amide bonds. The molecule has 0 aromatic heterocycles. The molecule has 0 saturated heterocycles. The number of rotatable bonds is 3. The van der Waals surface area contributed by atoms with Crippen molar-refractivity contribution in [2.75, 3.05) is 10.7 Å². The zero-order chi connectivity index (χ0) is 19.8. The number of halogens is 4. The van der Waals surface area contributed by atoms with Crippen molar-refractivity contribution in [1.29, 1.82) is 0 Å². The average molecular weight is 460 g/mol. The third kappa shape index (κ3) is 4.24. The Hall–Kier alpha value is -2.13. The van der Waals surface area contributed by atoms with Crippen molar-refractivity contribution >= 4 is 37.4 Å². The van der Waals surface area contributed by atoms with Crippen molar-refractivity contribution in [3.8, 4) is 0 Å². The number of alkyl halides is 3. The molecule has 0 saturated carbocycles. The number of nitrogens with zero attached hydrogens (tertiary/aromatic N) is 1. The second-order valence-electron chi connectivity index (χ2n) is 5.92. The van der Waals surface area contributed by atoms with Gasteiger partial charge in [0.05, 0.1) is 22.9 Å². The van der Waals surface area contributed by atoms with Crippen molar-refractivity contribution in [2.45, 2.75) is 12.2 Å². The third-order valence-electron chi connectivity index (χ3n) is 4.03. The van der Waals surface area contributed by atoms with E-state index in [-0.39, 0.29) is 5.75 Å². The van der Waals surface area contributed by atoms with Gasteiger partial charge in [0.1, 0.15) is 0 Å². The van der Waals surface area contributed by atoms with E-state index in [0.717, 1.165) is 22.4 Å². The van der Waals surface area contributed by atoms with Crippen LogP contribution >= 0.6 is 15.9 Å². The number of hydrogen-bond donors (Lipinski definition) is 0. The summed E-state index contributed by atoms with van der Waals surface area (Å²) in [5.74, 6) is -1.31. The summed E-state index contributed by atoms with van der Waals surface area (Å²) in [6.07, 6.45) is -3.40. The first kappa shape index (κ1) is 19.6. The SMILES string of the molecule is O=C(c1ccccc1C(F)(F)F)N(c1ccc(Br)cc1)[C@@H]1C=CS(=O)(=O)C1. The van der Waals surface area contributed by atoms with E-state index in [1.54, 1.807) is 12.1 Å². The van der Waals surface area contributed by atoms with Crippen LogP contribution in [0.4, 0.5) is 18.9 Å². The molecular formula is C18H13BrF3NO3S. The summed E-state index contributed by atoms with van der Waals surface area (Å²) >= 11 is 3.25. The minimum absolute atomic E-state index is 0.298. The summed E-state index contributed by atoms with van der Waals surface area (Å²) < 4.78 is 64.3. The van der Waals surface area contributed by atoms with Gasteiger partial charge in [0, 0.05) is 15.6 Å². The Morgan fingerprint density at radius 3 is 2.26 bits per heavy atom. The summed E-state index contributed by atoms with van der Waals surface area (Å²) in [7, 11) is -3.52.